The molecular formula is C23H28N2O3. The summed E-state index contributed by atoms with van der Waals surface area (Å²) in [4.78, 5) is 26.3. The van der Waals surface area contributed by atoms with Gasteiger partial charge in [0.05, 0.1) is 7.11 Å². The molecule has 2 amide bonds. The van der Waals surface area contributed by atoms with Crippen LogP contribution in [-0.2, 0) is 4.79 Å². The number of nitrogens with one attached hydrogen (secondary N) is 1. The van der Waals surface area contributed by atoms with E-state index in [0.29, 0.717) is 12.0 Å². The number of rotatable bonds is 6. The lowest BCUT2D eigenvalue weighted by Crippen LogP contribution is -2.38. The van der Waals surface area contributed by atoms with E-state index in [9.17, 15) is 9.59 Å². The fraction of sp³-hybridized carbons (Fsp3) is 0.391. The molecule has 0 spiro atoms. The van der Waals surface area contributed by atoms with E-state index in [1.165, 1.54) is 0 Å². The first kappa shape index (κ1) is 19.9. The van der Waals surface area contributed by atoms with Gasteiger partial charge in [0.2, 0.25) is 5.91 Å². The quantitative estimate of drug-likeness (QED) is 0.827. The van der Waals surface area contributed by atoms with Crippen molar-refractivity contribution in [3.63, 3.8) is 0 Å². The molecule has 1 N–H and O–H groups in total. The van der Waals surface area contributed by atoms with Crippen LogP contribution in [-0.4, -0.2) is 43.0 Å². The van der Waals surface area contributed by atoms with Gasteiger partial charge < -0.3 is 15.0 Å². The van der Waals surface area contributed by atoms with Gasteiger partial charge in [-0.25, -0.2) is 0 Å². The molecule has 28 heavy (non-hydrogen) atoms. The average molecular weight is 380 g/mol. The van der Waals surface area contributed by atoms with Crippen LogP contribution in [0, 0.1) is 0 Å². The summed E-state index contributed by atoms with van der Waals surface area (Å²) in [7, 11) is 3.50. The molecule has 1 aliphatic carbocycles. The second-order valence-corrected chi connectivity index (χ2v) is 7.31. The van der Waals surface area contributed by atoms with Gasteiger partial charge in [-0.05, 0) is 54.7 Å². The summed E-state index contributed by atoms with van der Waals surface area (Å²) >= 11 is 0. The van der Waals surface area contributed by atoms with Crippen molar-refractivity contribution < 1.29 is 14.3 Å². The van der Waals surface area contributed by atoms with Crippen LogP contribution in [0.3, 0.4) is 0 Å². The van der Waals surface area contributed by atoms with E-state index >= 15 is 0 Å². The first-order valence-electron chi connectivity index (χ1n) is 9.82. The molecule has 1 fully saturated rings. The van der Waals surface area contributed by atoms with Gasteiger partial charge in [-0.2, -0.15) is 0 Å². The van der Waals surface area contributed by atoms with Crippen LogP contribution in [0.2, 0.25) is 0 Å². The highest BCUT2D eigenvalue weighted by atomic mass is 16.5. The standard InChI is InChI=1S/C23H28N2O3/c1-4-22(26)24-19-11-12-20(15-19)25(2)23(27)18-7-5-16(6-8-18)17-9-13-21(28-3)14-10-17/h5-10,13-14,19-20H,4,11-12,15H2,1-3H3,(H,24,26)/t19?,20-/m0/s1. The van der Waals surface area contributed by atoms with Crippen LogP contribution in [0.25, 0.3) is 11.1 Å². The lowest BCUT2D eigenvalue weighted by molar-refractivity contribution is -0.121. The van der Waals surface area contributed by atoms with Gasteiger partial charge in [0.25, 0.3) is 5.91 Å². The minimum absolute atomic E-state index is 0.0220. The van der Waals surface area contributed by atoms with E-state index < -0.39 is 0 Å². The van der Waals surface area contributed by atoms with Gasteiger partial charge in [0.15, 0.2) is 0 Å². The maximum absolute atomic E-state index is 12.9. The van der Waals surface area contributed by atoms with Crippen molar-refractivity contribution in [1.29, 1.82) is 0 Å². The van der Waals surface area contributed by atoms with Crippen molar-refractivity contribution in [2.24, 2.45) is 0 Å². The monoisotopic (exact) mass is 380 g/mol. The lowest BCUT2D eigenvalue weighted by Gasteiger charge is -2.25. The number of carbonyl (C=O) groups excluding carboxylic acids is 2. The summed E-state index contributed by atoms with van der Waals surface area (Å²) in [5.74, 6) is 0.921. The zero-order valence-corrected chi connectivity index (χ0v) is 16.8. The topological polar surface area (TPSA) is 58.6 Å². The Bertz CT molecular complexity index is 815. The molecule has 1 unspecified atom stereocenters. The molecule has 2 aromatic carbocycles. The Morgan fingerprint density at radius 2 is 1.64 bits per heavy atom. The van der Waals surface area contributed by atoms with Crippen LogP contribution < -0.4 is 10.1 Å². The van der Waals surface area contributed by atoms with Crippen LogP contribution in [0.15, 0.2) is 48.5 Å². The summed E-state index contributed by atoms with van der Waals surface area (Å²) in [6, 6.07) is 15.9. The Morgan fingerprint density at radius 3 is 2.21 bits per heavy atom. The largest absolute Gasteiger partial charge is 0.497 e. The average Bonchev–Trinajstić information content (AvgIpc) is 3.21. The predicted molar refractivity (Wildman–Crippen MR) is 110 cm³/mol. The van der Waals surface area contributed by atoms with Crippen LogP contribution in [0.5, 0.6) is 5.75 Å². The number of hydrogen-bond acceptors (Lipinski definition) is 3. The smallest absolute Gasteiger partial charge is 0.253 e. The van der Waals surface area contributed by atoms with Gasteiger partial charge in [-0.1, -0.05) is 31.2 Å². The van der Waals surface area contributed by atoms with Crippen LogP contribution >= 0.6 is 0 Å². The zero-order chi connectivity index (χ0) is 20.1. The molecule has 2 aromatic rings. The third-order valence-electron chi connectivity index (χ3n) is 5.51. The number of ether oxygens (including phenoxy) is 1. The minimum atomic E-state index is 0.0220. The van der Waals surface area contributed by atoms with Gasteiger partial charge in [0, 0.05) is 31.1 Å². The molecule has 0 aromatic heterocycles. The van der Waals surface area contributed by atoms with Gasteiger partial charge >= 0.3 is 0 Å². The number of nitrogens with zero attached hydrogens (tertiary/aromatic N) is 1. The van der Waals surface area contributed by atoms with Gasteiger partial charge in [-0.15, -0.1) is 0 Å². The fourth-order valence-corrected chi connectivity index (χ4v) is 3.73. The van der Waals surface area contributed by atoms with E-state index in [4.69, 9.17) is 4.74 Å². The normalized spacial score (nSPS) is 18.5. The van der Waals surface area contributed by atoms with E-state index in [-0.39, 0.29) is 23.9 Å². The SMILES string of the molecule is CCC(=O)NC1CC[C@H](N(C)C(=O)c2ccc(-c3ccc(OC)cc3)cc2)C1. The maximum atomic E-state index is 12.9. The summed E-state index contributed by atoms with van der Waals surface area (Å²) in [6.07, 6.45) is 3.15. The number of methoxy groups -OCH3 is 1. The minimum Gasteiger partial charge on any atom is -0.497 e. The van der Waals surface area contributed by atoms with E-state index in [1.807, 2.05) is 67.4 Å². The summed E-state index contributed by atoms with van der Waals surface area (Å²) in [6.45, 7) is 1.85. The first-order chi connectivity index (χ1) is 13.5. The highest BCUT2D eigenvalue weighted by Gasteiger charge is 2.30. The lowest BCUT2D eigenvalue weighted by atomic mass is 10.0. The summed E-state index contributed by atoms with van der Waals surface area (Å²) in [5, 5.41) is 3.04. The van der Waals surface area contributed by atoms with Crippen molar-refractivity contribution in [2.45, 2.75) is 44.7 Å². The van der Waals surface area contributed by atoms with Gasteiger partial charge in [0.1, 0.15) is 5.75 Å². The maximum Gasteiger partial charge on any atom is 0.253 e. The Morgan fingerprint density at radius 1 is 1.04 bits per heavy atom. The second kappa shape index (κ2) is 8.91. The zero-order valence-electron chi connectivity index (χ0n) is 16.8. The molecule has 3 rings (SSSR count). The Kier molecular flexibility index (Phi) is 6.34. The number of benzene rings is 2. The van der Waals surface area contributed by atoms with Crippen LogP contribution in [0.4, 0.5) is 0 Å². The molecular weight excluding hydrogens is 352 g/mol. The molecule has 5 nitrogen and oxygen atoms in total. The number of amides is 2. The first-order valence-corrected chi connectivity index (χ1v) is 9.82. The Labute approximate surface area is 166 Å². The number of hydrogen-bond donors (Lipinski definition) is 1. The third-order valence-corrected chi connectivity index (χ3v) is 5.51. The summed E-state index contributed by atoms with van der Waals surface area (Å²) in [5.41, 5.74) is 2.82. The molecule has 0 bridgehead atoms. The molecule has 2 atom stereocenters. The third kappa shape index (κ3) is 4.53. The van der Waals surface area contributed by atoms with E-state index in [1.54, 1.807) is 7.11 Å². The van der Waals surface area contributed by atoms with Crippen molar-refractivity contribution in [3.05, 3.63) is 54.1 Å². The van der Waals surface area contributed by atoms with Crippen LogP contribution in [0.1, 0.15) is 43.0 Å². The highest BCUT2D eigenvalue weighted by molar-refractivity contribution is 5.94. The fourth-order valence-electron chi connectivity index (χ4n) is 3.73. The molecule has 1 aliphatic rings. The van der Waals surface area contributed by atoms with Gasteiger partial charge in [-0.3, -0.25) is 9.59 Å². The molecule has 148 valence electrons. The second-order valence-electron chi connectivity index (χ2n) is 7.31. The van der Waals surface area contributed by atoms with E-state index in [0.717, 1.165) is 36.1 Å². The molecule has 0 radical (unpaired) electrons. The molecule has 0 heterocycles. The molecule has 5 heteroatoms. The summed E-state index contributed by atoms with van der Waals surface area (Å²) < 4.78 is 5.19. The number of carbonyl (C=O) groups is 2. The molecule has 0 saturated heterocycles. The van der Waals surface area contributed by atoms with Crippen molar-refractivity contribution in [3.8, 4) is 16.9 Å². The van der Waals surface area contributed by atoms with E-state index in [2.05, 4.69) is 5.32 Å². The molecule has 1 saturated carbocycles. The Balaban J connectivity index is 1.63. The van der Waals surface area contributed by atoms with Crippen molar-refractivity contribution >= 4 is 11.8 Å². The van der Waals surface area contributed by atoms with Crippen molar-refractivity contribution in [1.82, 2.24) is 10.2 Å². The Hall–Kier alpha value is -2.82. The van der Waals surface area contributed by atoms with Crippen molar-refractivity contribution in [2.75, 3.05) is 14.2 Å². The highest BCUT2D eigenvalue weighted by Crippen LogP contribution is 2.26. The molecule has 0 aliphatic heterocycles. The predicted octanol–water partition coefficient (Wildman–Crippen LogP) is 3.88.